The van der Waals surface area contributed by atoms with E-state index in [1.54, 1.807) is 24.3 Å². The lowest BCUT2D eigenvalue weighted by Gasteiger charge is -2.43. The molecule has 2 aliphatic heterocycles. The highest BCUT2D eigenvalue weighted by Gasteiger charge is 2.40. The Hall–Kier alpha value is -4.96. The molecule has 7 rings (SSSR count). The Balaban J connectivity index is 1.13. The maximum atomic E-state index is 13.0. The maximum absolute atomic E-state index is 13.0. The van der Waals surface area contributed by atoms with Crippen LogP contribution in [0.4, 0.5) is 0 Å². The van der Waals surface area contributed by atoms with Crippen molar-refractivity contribution >= 4 is 11.8 Å². The summed E-state index contributed by atoms with van der Waals surface area (Å²) >= 11 is 0. The van der Waals surface area contributed by atoms with Gasteiger partial charge in [-0.25, -0.2) is 0 Å². The summed E-state index contributed by atoms with van der Waals surface area (Å²) in [6.45, 7) is 4.87. The molecule has 1 fully saturated rings. The lowest BCUT2D eigenvalue weighted by molar-refractivity contribution is -0.276. The second-order valence-corrected chi connectivity index (χ2v) is 13.9. The predicted octanol–water partition coefficient (Wildman–Crippen LogP) is 7.49. The van der Waals surface area contributed by atoms with Crippen LogP contribution >= 0.6 is 0 Å². The van der Waals surface area contributed by atoms with Gasteiger partial charge in [-0.3, -0.25) is 19.4 Å². The first-order chi connectivity index (χ1) is 25.2. The number of likely N-dealkylation sites (N-methyl/N-ethyl adjacent to an activating group) is 1. The second-order valence-electron chi connectivity index (χ2n) is 13.9. The van der Waals surface area contributed by atoms with Gasteiger partial charge < -0.3 is 19.7 Å². The molecule has 0 aromatic heterocycles. The third kappa shape index (κ3) is 7.21. The van der Waals surface area contributed by atoms with E-state index in [1.165, 1.54) is 4.90 Å². The number of aliphatic hydroxyl groups is 2. The van der Waals surface area contributed by atoms with Crippen LogP contribution in [0, 0.1) is 5.92 Å². The van der Waals surface area contributed by atoms with Crippen LogP contribution in [0.3, 0.4) is 0 Å². The molecule has 52 heavy (non-hydrogen) atoms. The Morgan fingerprint density at radius 2 is 1.37 bits per heavy atom. The van der Waals surface area contributed by atoms with Crippen molar-refractivity contribution in [2.24, 2.45) is 5.92 Å². The number of rotatable bonds is 11. The van der Waals surface area contributed by atoms with Crippen LogP contribution in [0.2, 0.25) is 0 Å². The topological polar surface area (TPSA) is 99.5 Å². The van der Waals surface area contributed by atoms with Crippen molar-refractivity contribution < 1.29 is 29.3 Å². The number of fused-ring (bicyclic) bond motifs is 1. The molecule has 2 heterocycles. The van der Waals surface area contributed by atoms with Crippen molar-refractivity contribution in [1.82, 2.24) is 9.80 Å². The van der Waals surface area contributed by atoms with Gasteiger partial charge in [-0.05, 0) is 71.6 Å². The SMILES string of the molecule is C[C@@H]1[C@H](CN(C)[C@@H](C)[C@H](O)c2ccccc2)O[C@H](c2cccc(-c3cccc(CN4C(=O)c5ccccc5C4=O)c3)c2)O[C@@H]1c1ccc(CO)cc1. The lowest BCUT2D eigenvalue weighted by atomic mass is 9.89. The summed E-state index contributed by atoms with van der Waals surface area (Å²) in [5, 5.41) is 20.9. The molecule has 8 nitrogen and oxygen atoms in total. The fourth-order valence-electron chi connectivity index (χ4n) is 7.23. The second kappa shape index (κ2) is 15.3. The van der Waals surface area contributed by atoms with Crippen LogP contribution in [0.1, 0.15) is 80.9 Å². The molecule has 0 radical (unpaired) electrons. The van der Waals surface area contributed by atoms with Crippen LogP contribution in [-0.4, -0.2) is 57.6 Å². The molecule has 1 saturated heterocycles. The van der Waals surface area contributed by atoms with Gasteiger partial charge in [0.15, 0.2) is 6.29 Å². The number of carbonyl (C=O) groups excluding carboxylic acids is 2. The van der Waals surface area contributed by atoms with E-state index in [-0.39, 0.29) is 49.1 Å². The number of aliphatic hydroxyl groups excluding tert-OH is 2. The molecule has 5 aromatic carbocycles. The van der Waals surface area contributed by atoms with Crippen LogP contribution < -0.4 is 0 Å². The highest BCUT2D eigenvalue weighted by atomic mass is 16.7. The van der Waals surface area contributed by atoms with E-state index in [1.807, 2.05) is 111 Å². The van der Waals surface area contributed by atoms with E-state index in [2.05, 4.69) is 17.9 Å². The van der Waals surface area contributed by atoms with Crippen LogP contribution in [-0.2, 0) is 22.6 Å². The minimum Gasteiger partial charge on any atom is -0.392 e. The number of nitrogens with zero attached hydrogens (tertiary/aromatic N) is 2. The fourth-order valence-corrected chi connectivity index (χ4v) is 7.23. The lowest BCUT2D eigenvalue weighted by Crippen LogP contribution is -2.46. The van der Waals surface area contributed by atoms with E-state index in [4.69, 9.17) is 9.47 Å². The first-order valence-electron chi connectivity index (χ1n) is 17.8. The van der Waals surface area contributed by atoms with Gasteiger partial charge in [-0.15, -0.1) is 0 Å². The molecule has 0 saturated carbocycles. The normalized spacial score (nSPS) is 21.3. The largest absolute Gasteiger partial charge is 0.392 e. The van der Waals surface area contributed by atoms with Gasteiger partial charge in [0.2, 0.25) is 0 Å². The first kappa shape index (κ1) is 35.4. The molecule has 2 aliphatic rings. The third-order valence-electron chi connectivity index (χ3n) is 10.5. The van der Waals surface area contributed by atoms with Gasteiger partial charge in [0.1, 0.15) is 0 Å². The Bertz CT molecular complexity index is 2000. The number of imide groups is 1. The number of ether oxygens (including phenoxy) is 2. The van der Waals surface area contributed by atoms with Crippen molar-refractivity contribution in [1.29, 1.82) is 0 Å². The average molecular weight is 697 g/mol. The summed E-state index contributed by atoms with van der Waals surface area (Å²) in [7, 11) is 2.01. The predicted molar refractivity (Wildman–Crippen MR) is 199 cm³/mol. The molecule has 0 spiro atoms. The zero-order valence-corrected chi connectivity index (χ0v) is 29.6. The van der Waals surface area contributed by atoms with E-state index in [9.17, 15) is 19.8 Å². The minimum absolute atomic E-state index is 0.0262. The number of benzene rings is 5. The third-order valence-corrected chi connectivity index (χ3v) is 10.5. The summed E-state index contributed by atoms with van der Waals surface area (Å²) in [6, 6.07) is 40.3. The number of carbonyl (C=O) groups is 2. The maximum Gasteiger partial charge on any atom is 0.261 e. The quantitative estimate of drug-likeness (QED) is 0.138. The molecule has 0 aliphatic carbocycles. The Morgan fingerprint density at radius 3 is 2.04 bits per heavy atom. The van der Waals surface area contributed by atoms with Crippen molar-refractivity contribution in [2.75, 3.05) is 13.6 Å². The van der Waals surface area contributed by atoms with Gasteiger partial charge >= 0.3 is 0 Å². The Kier molecular flexibility index (Phi) is 10.5. The monoisotopic (exact) mass is 696 g/mol. The van der Waals surface area contributed by atoms with E-state index in [0.29, 0.717) is 17.7 Å². The molecule has 6 atom stereocenters. The van der Waals surface area contributed by atoms with Gasteiger partial charge in [0.05, 0.1) is 42.6 Å². The molecule has 0 bridgehead atoms. The van der Waals surface area contributed by atoms with Crippen LogP contribution in [0.15, 0.2) is 127 Å². The standard InChI is InChI=1S/C44H44N2O6/c1-28-39(26-45(3)29(2)40(48)32-12-5-4-6-13-32)51-44(52-41(28)33-21-19-30(27-47)20-22-33)36-16-10-15-35(24-36)34-14-9-11-31(23-34)25-46-42(49)37-17-7-8-18-38(37)43(46)50/h4-24,28-29,39-41,44,47-48H,25-27H2,1-3H3/t28-,29+,39+,40+,41+,44+/m1/s1. The molecular formula is C44H44N2O6. The summed E-state index contributed by atoms with van der Waals surface area (Å²) in [5.74, 6) is -0.584. The number of hydrogen-bond donors (Lipinski definition) is 2. The van der Waals surface area contributed by atoms with Gasteiger partial charge in [-0.1, -0.05) is 110 Å². The van der Waals surface area contributed by atoms with E-state index in [0.717, 1.165) is 38.9 Å². The minimum atomic E-state index is -0.673. The Labute approximate surface area is 304 Å². The summed E-state index contributed by atoms with van der Waals surface area (Å²) in [5.41, 5.74) is 7.17. The summed E-state index contributed by atoms with van der Waals surface area (Å²) in [6.07, 6.45) is -1.86. The van der Waals surface area contributed by atoms with Crippen LogP contribution in [0.5, 0.6) is 0 Å². The fraction of sp³-hybridized carbons (Fsp3) is 0.273. The molecule has 2 N–H and O–H groups in total. The molecule has 266 valence electrons. The zero-order chi connectivity index (χ0) is 36.4. The molecular weight excluding hydrogens is 652 g/mol. The molecule has 8 heteroatoms. The first-order valence-corrected chi connectivity index (χ1v) is 17.8. The van der Waals surface area contributed by atoms with Gasteiger partial charge in [0.25, 0.3) is 11.8 Å². The zero-order valence-electron chi connectivity index (χ0n) is 29.6. The van der Waals surface area contributed by atoms with E-state index < -0.39 is 12.4 Å². The molecule has 0 unspecified atom stereocenters. The number of amides is 2. The van der Waals surface area contributed by atoms with Gasteiger partial charge in [-0.2, -0.15) is 0 Å². The molecule has 2 amide bonds. The van der Waals surface area contributed by atoms with Crippen molar-refractivity contribution in [3.8, 4) is 11.1 Å². The van der Waals surface area contributed by atoms with Crippen molar-refractivity contribution in [3.05, 3.63) is 166 Å². The molecule has 5 aromatic rings. The highest BCUT2D eigenvalue weighted by Crippen LogP contribution is 2.43. The van der Waals surface area contributed by atoms with Crippen molar-refractivity contribution in [2.45, 2.75) is 57.6 Å². The van der Waals surface area contributed by atoms with Crippen molar-refractivity contribution in [3.63, 3.8) is 0 Å². The summed E-state index contributed by atoms with van der Waals surface area (Å²) in [4.78, 5) is 29.5. The average Bonchev–Trinajstić information content (AvgIpc) is 3.43. The van der Waals surface area contributed by atoms with E-state index >= 15 is 0 Å². The van der Waals surface area contributed by atoms with Gasteiger partial charge in [0, 0.05) is 24.1 Å². The van der Waals surface area contributed by atoms with Crippen LogP contribution in [0.25, 0.3) is 11.1 Å². The summed E-state index contributed by atoms with van der Waals surface area (Å²) < 4.78 is 13.5. The number of hydrogen-bond acceptors (Lipinski definition) is 7. The smallest absolute Gasteiger partial charge is 0.261 e. The Morgan fingerprint density at radius 1 is 0.731 bits per heavy atom. The highest BCUT2D eigenvalue weighted by molar-refractivity contribution is 6.21.